The van der Waals surface area contributed by atoms with E-state index in [0.717, 1.165) is 0 Å². The van der Waals surface area contributed by atoms with Gasteiger partial charge in [-0.1, -0.05) is 0 Å². The second-order valence-electron chi connectivity index (χ2n) is 4.76. The average Bonchev–Trinajstić information content (AvgIpc) is 3.03. The number of aromatic carboxylic acids is 1. The number of rotatable bonds is 3. The minimum absolute atomic E-state index is 0.000623. The van der Waals surface area contributed by atoms with Gasteiger partial charge in [0.25, 0.3) is 0 Å². The second-order valence-corrected chi connectivity index (χ2v) is 4.76. The molecule has 0 radical (unpaired) electrons. The molecule has 0 unspecified atom stereocenters. The second kappa shape index (κ2) is 4.82. The lowest BCUT2D eigenvalue weighted by molar-refractivity contribution is 0.0558. The van der Waals surface area contributed by atoms with Crippen molar-refractivity contribution in [1.29, 1.82) is 0 Å². The molecule has 0 bridgehead atoms. The molecule has 106 valence electrons. The van der Waals surface area contributed by atoms with Crippen molar-refractivity contribution in [2.24, 2.45) is 5.92 Å². The summed E-state index contributed by atoms with van der Waals surface area (Å²) in [6.07, 6.45) is -1.02. The summed E-state index contributed by atoms with van der Waals surface area (Å²) in [7, 11) is 0. The van der Waals surface area contributed by atoms with E-state index in [1.54, 1.807) is 10.6 Å². The topological polar surface area (TPSA) is 64.3 Å². The van der Waals surface area contributed by atoms with Crippen molar-refractivity contribution >= 4 is 17.0 Å². The number of halogens is 2. The first-order valence-corrected chi connectivity index (χ1v) is 6.13. The predicted molar refractivity (Wildman–Crippen MR) is 66.0 cm³/mol. The Morgan fingerprint density at radius 3 is 2.95 bits per heavy atom. The first-order valence-electron chi connectivity index (χ1n) is 6.13. The molecule has 7 heteroatoms. The average molecular weight is 282 g/mol. The first kappa shape index (κ1) is 13.0. The van der Waals surface area contributed by atoms with Crippen LogP contribution in [0.15, 0.2) is 24.5 Å². The molecule has 2 heterocycles. The molecule has 0 aliphatic carbocycles. The van der Waals surface area contributed by atoms with Crippen LogP contribution in [0.2, 0.25) is 0 Å². The Morgan fingerprint density at radius 1 is 1.45 bits per heavy atom. The summed E-state index contributed by atoms with van der Waals surface area (Å²) in [5, 5.41) is 9.00. The van der Waals surface area contributed by atoms with Crippen LogP contribution in [0, 0.1) is 5.92 Å². The highest BCUT2D eigenvalue weighted by atomic mass is 19.3. The molecule has 2 aromatic rings. The minimum atomic E-state index is -2.48. The molecule has 2 atom stereocenters. The van der Waals surface area contributed by atoms with Crippen LogP contribution >= 0.6 is 0 Å². The van der Waals surface area contributed by atoms with Crippen LogP contribution in [-0.2, 0) is 4.74 Å². The van der Waals surface area contributed by atoms with E-state index in [9.17, 15) is 13.6 Å². The van der Waals surface area contributed by atoms with Gasteiger partial charge in [0, 0.05) is 0 Å². The third kappa shape index (κ3) is 2.03. The van der Waals surface area contributed by atoms with E-state index in [1.165, 1.54) is 18.5 Å². The Morgan fingerprint density at radius 2 is 2.25 bits per heavy atom. The van der Waals surface area contributed by atoms with Crippen LogP contribution in [0.3, 0.4) is 0 Å². The molecule has 0 spiro atoms. The van der Waals surface area contributed by atoms with E-state index in [2.05, 4.69) is 4.98 Å². The lowest BCUT2D eigenvalue weighted by Gasteiger charge is -2.19. The van der Waals surface area contributed by atoms with E-state index in [-0.39, 0.29) is 18.8 Å². The van der Waals surface area contributed by atoms with Crippen LogP contribution in [0.25, 0.3) is 11.0 Å². The van der Waals surface area contributed by atoms with Gasteiger partial charge in [-0.15, -0.1) is 0 Å². The third-order valence-corrected chi connectivity index (χ3v) is 3.60. The highest BCUT2D eigenvalue weighted by Gasteiger charge is 2.37. The minimum Gasteiger partial charge on any atom is -0.478 e. The zero-order valence-electron chi connectivity index (χ0n) is 10.4. The lowest BCUT2D eigenvalue weighted by atomic mass is 10.0. The van der Waals surface area contributed by atoms with Gasteiger partial charge in [0.1, 0.15) is 0 Å². The maximum absolute atomic E-state index is 13.0. The molecule has 1 aromatic carbocycles. The number of benzene rings is 1. The van der Waals surface area contributed by atoms with Crippen LogP contribution in [0.5, 0.6) is 0 Å². The number of carboxylic acids is 1. The van der Waals surface area contributed by atoms with Gasteiger partial charge in [-0.2, -0.15) is 0 Å². The SMILES string of the molecule is O=C(O)c1ccc2ncn([C@H]3COC[C@@H]3C(F)F)c2c1. The summed E-state index contributed by atoms with van der Waals surface area (Å²) in [6.45, 7) is 0.179. The molecular formula is C13H12F2N2O3. The number of hydrogen-bond acceptors (Lipinski definition) is 3. The van der Waals surface area contributed by atoms with Crippen molar-refractivity contribution in [2.75, 3.05) is 13.2 Å². The van der Waals surface area contributed by atoms with E-state index in [4.69, 9.17) is 9.84 Å². The van der Waals surface area contributed by atoms with E-state index >= 15 is 0 Å². The third-order valence-electron chi connectivity index (χ3n) is 3.60. The van der Waals surface area contributed by atoms with Crippen molar-refractivity contribution in [2.45, 2.75) is 12.5 Å². The summed E-state index contributed by atoms with van der Waals surface area (Å²) >= 11 is 0. The molecule has 1 aliphatic rings. The first-order chi connectivity index (χ1) is 9.58. The molecule has 0 saturated carbocycles. The number of fused-ring (bicyclic) bond motifs is 1. The van der Waals surface area contributed by atoms with Crippen LogP contribution in [-0.4, -0.2) is 40.3 Å². The zero-order chi connectivity index (χ0) is 14.3. The predicted octanol–water partition coefficient (Wildman–Crippen LogP) is 2.19. The number of carbonyl (C=O) groups is 1. The number of imidazole rings is 1. The van der Waals surface area contributed by atoms with E-state index < -0.39 is 24.4 Å². The Bertz CT molecular complexity index is 656. The van der Waals surface area contributed by atoms with Gasteiger partial charge in [-0.3, -0.25) is 0 Å². The largest absolute Gasteiger partial charge is 0.478 e. The highest BCUT2D eigenvalue weighted by molar-refractivity contribution is 5.92. The summed E-state index contributed by atoms with van der Waals surface area (Å²) in [5.41, 5.74) is 1.22. The monoisotopic (exact) mass is 282 g/mol. The van der Waals surface area contributed by atoms with E-state index in [0.29, 0.717) is 11.0 Å². The summed E-state index contributed by atoms with van der Waals surface area (Å²) in [5.74, 6) is -1.96. The molecule has 1 saturated heterocycles. The lowest BCUT2D eigenvalue weighted by Crippen LogP contribution is -2.23. The molecule has 1 aromatic heterocycles. The summed E-state index contributed by atoms with van der Waals surface area (Å²) in [4.78, 5) is 15.1. The molecule has 1 N–H and O–H groups in total. The molecule has 20 heavy (non-hydrogen) atoms. The maximum atomic E-state index is 13.0. The van der Waals surface area contributed by atoms with Gasteiger partial charge < -0.3 is 14.4 Å². The van der Waals surface area contributed by atoms with Gasteiger partial charge in [-0.05, 0) is 18.2 Å². The Hall–Kier alpha value is -2.02. The standard InChI is InChI=1S/C13H12F2N2O3/c14-12(15)8-4-20-5-11(8)17-6-16-9-2-1-7(13(18)19)3-10(9)17/h1-3,6,8,11-12H,4-5H2,(H,18,19)/t8-,11-/m0/s1. The van der Waals surface area contributed by atoms with Crippen LogP contribution < -0.4 is 0 Å². The number of aromatic nitrogens is 2. The van der Waals surface area contributed by atoms with Gasteiger partial charge >= 0.3 is 5.97 Å². The van der Waals surface area contributed by atoms with Crippen molar-refractivity contribution < 1.29 is 23.4 Å². The van der Waals surface area contributed by atoms with Crippen molar-refractivity contribution in [1.82, 2.24) is 9.55 Å². The number of carboxylic acid groups (broad SMARTS) is 1. The van der Waals surface area contributed by atoms with Crippen molar-refractivity contribution in [3.63, 3.8) is 0 Å². The maximum Gasteiger partial charge on any atom is 0.335 e. The molecular weight excluding hydrogens is 270 g/mol. The van der Waals surface area contributed by atoms with E-state index in [1.807, 2.05) is 0 Å². The quantitative estimate of drug-likeness (QED) is 0.937. The number of ether oxygens (including phenoxy) is 1. The molecule has 0 amide bonds. The molecule has 1 fully saturated rings. The highest BCUT2D eigenvalue weighted by Crippen LogP contribution is 2.33. The molecule has 5 nitrogen and oxygen atoms in total. The summed E-state index contributed by atoms with van der Waals surface area (Å²) < 4.78 is 32.7. The van der Waals surface area contributed by atoms with Gasteiger partial charge in [0.15, 0.2) is 0 Å². The number of alkyl halides is 2. The fourth-order valence-corrected chi connectivity index (χ4v) is 2.51. The Labute approximate surface area is 112 Å². The number of nitrogens with zero attached hydrogens (tertiary/aromatic N) is 2. The van der Waals surface area contributed by atoms with Gasteiger partial charge in [0.05, 0.1) is 48.1 Å². The van der Waals surface area contributed by atoms with Gasteiger partial charge in [-0.25, -0.2) is 18.6 Å². The fourth-order valence-electron chi connectivity index (χ4n) is 2.51. The number of hydrogen-bond donors (Lipinski definition) is 1. The van der Waals surface area contributed by atoms with Gasteiger partial charge in [0.2, 0.25) is 6.43 Å². The zero-order valence-corrected chi connectivity index (χ0v) is 10.4. The Kier molecular flexibility index (Phi) is 3.13. The van der Waals surface area contributed by atoms with Crippen LogP contribution in [0.4, 0.5) is 8.78 Å². The molecule has 3 rings (SSSR count). The fraction of sp³-hybridized carbons (Fsp3) is 0.385. The van der Waals surface area contributed by atoms with Crippen molar-refractivity contribution in [3.8, 4) is 0 Å². The van der Waals surface area contributed by atoms with Crippen LogP contribution in [0.1, 0.15) is 16.4 Å². The normalized spacial score (nSPS) is 22.8. The van der Waals surface area contributed by atoms with Crippen molar-refractivity contribution in [3.05, 3.63) is 30.1 Å². The smallest absolute Gasteiger partial charge is 0.335 e. The molecule has 1 aliphatic heterocycles. The summed E-state index contributed by atoms with van der Waals surface area (Å²) in [6, 6.07) is 3.94. The Balaban J connectivity index is 2.07.